The third-order valence-electron chi connectivity index (χ3n) is 2.87. The summed E-state index contributed by atoms with van der Waals surface area (Å²) in [5.41, 5.74) is 1.66. The predicted molar refractivity (Wildman–Crippen MR) is 72.9 cm³/mol. The molecule has 2 aromatic rings. The van der Waals surface area contributed by atoms with Crippen molar-refractivity contribution in [3.8, 4) is 11.5 Å². The molecule has 100 valence electrons. The number of benzene rings is 2. The lowest BCUT2D eigenvalue weighted by molar-refractivity contribution is 0.280. The zero-order valence-corrected chi connectivity index (χ0v) is 11.1. The highest BCUT2D eigenvalue weighted by molar-refractivity contribution is 5.36. The van der Waals surface area contributed by atoms with E-state index in [0.717, 1.165) is 5.56 Å². The number of halogens is 1. The second-order valence-electron chi connectivity index (χ2n) is 4.78. The standard InChI is InChI=1S/C16H17FO2/c1-11(2)13-4-3-5-15(8-13)19-16-7-12(10-18)6-14(17)9-16/h3-9,11,18H,10H2,1-2H3. The number of ether oxygens (including phenoxy) is 1. The van der Waals surface area contributed by atoms with Crippen LogP contribution in [-0.2, 0) is 6.61 Å². The summed E-state index contributed by atoms with van der Waals surface area (Å²) in [4.78, 5) is 0. The topological polar surface area (TPSA) is 29.5 Å². The van der Waals surface area contributed by atoms with Crippen molar-refractivity contribution in [1.82, 2.24) is 0 Å². The van der Waals surface area contributed by atoms with Gasteiger partial charge in [0.25, 0.3) is 0 Å². The van der Waals surface area contributed by atoms with E-state index in [1.54, 1.807) is 6.07 Å². The fourth-order valence-electron chi connectivity index (χ4n) is 1.84. The summed E-state index contributed by atoms with van der Waals surface area (Å²) in [5.74, 6) is 1.05. The van der Waals surface area contributed by atoms with Crippen molar-refractivity contribution in [3.05, 3.63) is 59.4 Å². The Balaban J connectivity index is 2.25. The molecule has 0 spiro atoms. The molecule has 0 fully saturated rings. The van der Waals surface area contributed by atoms with Crippen LogP contribution < -0.4 is 4.74 Å². The van der Waals surface area contributed by atoms with E-state index >= 15 is 0 Å². The van der Waals surface area contributed by atoms with Crippen LogP contribution in [0, 0.1) is 5.82 Å². The third kappa shape index (κ3) is 3.55. The highest BCUT2D eigenvalue weighted by atomic mass is 19.1. The minimum Gasteiger partial charge on any atom is -0.457 e. The second kappa shape index (κ2) is 5.85. The Hall–Kier alpha value is -1.87. The van der Waals surface area contributed by atoms with Gasteiger partial charge in [0.2, 0.25) is 0 Å². The molecule has 0 atom stereocenters. The van der Waals surface area contributed by atoms with E-state index in [1.807, 2.05) is 24.3 Å². The molecule has 1 N–H and O–H groups in total. The first-order valence-corrected chi connectivity index (χ1v) is 6.26. The predicted octanol–water partition coefficient (Wildman–Crippen LogP) is 4.23. The van der Waals surface area contributed by atoms with Crippen LogP contribution in [0.2, 0.25) is 0 Å². The summed E-state index contributed by atoms with van der Waals surface area (Å²) in [5, 5.41) is 9.05. The van der Waals surface area contributed by atoms with Crippen molar-refractivity contribution in [2.45, 2.75) is 26.4 Å². The third-order valence-corrected chi connectivity index (χ3v) is 2.87. The van der Waals surface area contributed by atoms with Crippen molar-refractivity contribution in [1.29, 1.82) is 0 Å². The Morgan fingerprint density at radius 1 is 1.11 bits per heavy atom. The molecule has 0 aliphatic carbocycles. The van der Waals surface area contributed by atoms with E-state index in [2.05, 4.69) is 13.8 Å². The quantitative estimate of drug-likeness (QED) is 0.891. The Morgan fingerprint density at radius 2 is 1.89 bits per heavy atom. The smallest absolute Gasteiger partial charge is 0.130 e. The van der Waals surface area contributed by atoms with Gasteiger partial charge in [0, 0.05) is 6.07 Å². The van der Waals surface area contributed by atoms with E-state index in [0.29, 0.717) is 23.0 Å². The van der Waals surface area contributed by atoms with E-state index in [9.17, 15) is 4.39 Å². The van der Waals surface area contributed by atoms with Gasteiger partial charge in [-0.25, -0.2) is 4.39 Å². The lowest BCUT2D eigenvalue weighted by Gasteiger charge is -2.10. The van der Waals surface area contributed by atoms with Gasteiger partial charge >= 0.3 is 0 Å². The monoisotopic (exact) mass is 260 g/mol. The summed E-state index contributed by atoms with van der Waals surface area (Å²) in [7, 11) is 0. The Morgan fingerprint density at radius 3 is 2.58 bits per heavy atom. The molecule has 0 amide bonds. The normalized spacial score (nSPS) is 10.8. The molecule has 19 heavy (non-hydrogen) atoms. The molecule has 2 nitrogen and oxygen atoms in total. The fourth-order valence-corrected chi connectivity index (χ4v) is 1.84. The highest BCUT2D eigenvalue weighted by Crippen LogP contribution is 2.26. The van der Waals surface area contributed by atoms with Gasteiger partial charge in [-0.2, -0.15) is 0 Å². The first-order chi connectivity index (χ1) is 9.08. The van der Waals surface area contributed by atoms with E-state index in [4.69, 9.17) is 9.84 Å². The summed E-state index contributed by atoms with van der Waals surface area (Å²) in [6.45, 7) is 4.00. The van der Waals surface area contributed by atoms with E-state index < -0.39 is 5.82 Å². The fraction of sp³-hybridized carbons (Fsp3) is 0.250. The van der Waals surface area contributed by atoms with E-state index in [-0.39, 0.29) is 6.61 Å². The van der Waals surface area contributed by atoms with Crippen LogP contribution in [0.15, 0.2) is 42.5 Å². The molecule has 0 unspecified atom stereocenters. The Kier molecular flexibility index (Phi) is 4.17. The molecule has 0 aromatic heterocycles. The van der Waals surface area contributed by atoms with E-state index in [1.165, 1.54) is 12.1 Å². The van der Waals surface area contributed by atoms with Crippen molar-refractivity contribution < 1.29 is 14.2 Å². The average Bonchev–Trinajstić information content (AvgIpc) is 2.38. The maximum atomic E-state index is 13.3. The lowest BCUT2D eigenvalue weighted by Crippen LogP contribution is -1.92. The maximum absolute atomic E-state index is 13.3. The zero-order valence-electron chi connectivity index (χ0n) is 11.1. The molecule has 3 heteroatoms. The van der Waals surface area contributed by atoms with Crippen LogP contribution in [0.4, 0.5) is 4.39 Å². The van der Waals surface area contributed by atoms with Crippen molar-refractivity contribution >= 4 is 0 Å². The molecule has 0 aliphatic rings. The van der Waals surface area contributed by atoms with Crippen LogP contribution >= 0.6 is 0 Å². The van der Waals surface area contributed by atoms with Crippen molar-refractivity contribution in [2.75, 3.05) is 0 Å². The average molecular weight is 260 g/mol. The van der Waals surface area contributed by atoms with Gasteiger partial charge in [0.05, 0.1) is 6.61 Å². The van der Waals surface area contributed by atoms with Crippen LogP contribution in [-0.4, -0.2) is 5.11 Å². The van der Waals surface area contributed by atoms with Gasteiger partial charge in [-0.05, 0) is 41.3 Å². The number of hydrogen-bond acceptors (Lipinski definition) is 2. The number of hydrogen-bond donors (Lipinski definition) is 1. The summed E-state index contributed by atoms with van der Waals surface area (Å²) in [6.07, 6.45) is 0. The molecular weight excluding hydrogens is 243 g/mol. The minimum atomic E-state index is -0.415. The van der Waals surface area contributed by atoms with Gasteiger partial charge in [-0.3, -0.25) is 0 Å². The number of rotatable bonds is 4. The molecular formula is C16H17FO2. The zero-order chi connectivity index (χ0) is 13.8. The molecule has 2 aromatic carbocycles. The molecule has 0 saturated heterocycles. The summed E-state index contributed by atoms with van der Waals surface area (Å²) >= 11 is 0. The summed E-state index contributed by atoms with van der Waals surface area (Å²) < 4.78 is 19.0. The first-order valence-electron chi connectivity index (χ1n) is 6.26. The minimum absolute atomic E-state index is 0.208. The van der Waals surface area contributed by atoms with Gasteiger partial charge in [-0.15, -0.1) is 0 Å². The van der Waals surface area contributed by atoms with Crippen LogP contribution in [0.3, 0.4) is 0 Å². The Bertz CT molecular complexity index is 564. The maximum Gasteiger partial charge on any atom is 0.130 e. The van der Waals surface area contributed by atoms with Crippen molar-refractivity contribution in [2.24, 2.45) is 0 Å². The SMILES string of the molecule is CC(C)c1cccc(Oc2cc(F)cc(CO)c2)c1. The largest absolute Gasteiger partial charge is 0.457 e. The molecule has 0 saturated carbocycles. The molecule has 0 heterocycles. The van der Waals surface area contributed by atoms with Gasteiger partial charge in [-0.1, -0.05) is 26.0 Å². The Labute approximate surface area is 112 Å². The van der Waals surface area contributed by atoms with Crippen LogP contribution in [0.1, 0.15) is 30.9 Å². The summed E-state index contributed by atoms with van der Waals surface area (Å²) in [6, 6.07) is 11.9. The van der Waals surface area contributed by atoms with Gasteiger partial charge < -0.3 is 9.84 Å². The lowest BCUT2D eigenvalue weighted by atomic mass is 10.0. The second-order valence-corrected chi connectivity index (χ2v) is 4.78. The van der Waals surface area contributed by atoms with Crippen LogP contribution in [0.25, 0.3) is 0 Å². The highest BCUT2D eigenvalue weighted by Gasteiger charge is 2.05. The molecule has 2 rings (SSSR count). The van der Waals surface area contributed by atoms with Gasteiger partial charge in [0.1, 0.15) is 17.3 Å². The van der Waals surface area contributed by atoms with Gasteiger partial charge in [0.15, 0.2) is 0 Å². The molecule has 0 bridgehead atoms. The van der Waals surface area contributed by atoms with Crippen LogP contribution in [0.5, 0.6) is 11.5 Å². The van der Waals surface area contributed by atoms with Crippen molar-refractivity contribution in [3.63, 3.8) is 0 Å². The first kappa shape index (κ1) is 13.6. The number of aliphatic hydroxyl groups excluding tert-OH is 1. The number of aliphatic hydroxyl groups is 1. The molecule has 0 aliphatic heterocycles. The molecule has 0 radical (unpaired) electrons.